The fourth-order valence-corrected chi connectivity index (χ4v) is 1.32. The minimum absolute atomic E-state index is 0.113. The SMILES string of the molecule is COc1nc(C(=O)O)nc2cc(F)ccc12. The van der Waals surface area contributed by atoms with Crippen LogP contribution in [0.2, 0.25) is 0 Å². The predicted octanol–water partition coefficient (Wildman–Crippen LogP) is 1.48. The summed E-state index contributed by atoms with van der Waals surface area (Å²) in [6.45, 7) is 0. The summed E-state index contributed by atoms with van der Waals surface area (Å²) >= 11 is 0. The molecule has 0 saturated heterocycles. The van der Waals surface area contributed by atoms with Gasteiger partial charge in [-0.25, -0.2) is 14.2 Å². The van der Waals surface area contributed by atoms with E-state index in [-0.39, 0.29) is 11.4 Å². The van der Waals surface area contributed by atoms with E-state index in [1.54, 1.807) is 0 Å². The number of nitrogens with zero attached hydrogens (tertiary/aromatic N) is 2. The molecule has 2 rings (SSSR count). The second-order valence-electron chi connectivity index (χ2n) is 3.02. The largest absolute Gasteiger partial charge is 0.480 e. The number of rotatable bonds is 2. The average Bonchev–Trinajstić information content (AvgIpc) is 2.26. The third-order valence-electron chi connectivity index (χ3n) is 2.01. The van der Waals surface area contributed by atoms with E-state index in [1.165, 1.54) is 19.2 Å². The van der Waals surface area contributed by atoms with Crippen molar-refractivity contribution in [1.29, 1.82) is 0 Å². The summed E-state index contributed by atoms with van der Waals surface area (Å²) in [6, 6.07) is 3.80. The molecule has 6 heteroatoms. The standard InChI is InChI=1S/C10H7FN2O3/c1-16-9-6-3-2-5(11)4-7(6)12-8(13-9)10(14)15/h2-4H,1H3,(H,14,15). The van der Waals surface area contributed by atoms with Crippen LogP contribution in [0.3, 0.4) is 0 Å². The molecular weight excluding hydrogens is 215 g/mol. The summed E-state index contributed by atoms with van der Waals surface area (Å²) in [5.41, 5.74) is 0.198. The zero-order chi connectivity index (χ0) is 11.7. The van der Waals surface area contributed by atoms with Crippen molar-refractivity contribution in [2.75, 3.05) is 7.11 Å². The van der Waals surface area contributed by atoms with E-state index in [4.69, 9.17) is 9.84 Å². The Morgan fingerprint density at radius 1 is 1.44 bits per heavy atom. The molecule has 0 amide bonds. The number of carboxylic acid groups (broad SMARTS) is 1. The Hall–Kier alpha value is -2.24. The minimum Gasteiger partial charge on any atom is -0.480 e. The van der Waals surface area contributed by atoms with E-state index in [1.807, 2.05) is 0 Å². The predicted molar refractivity (Wildman–Crippen MR) is 53.0 cm³/mol. The Bertz CT molecular complexity index is 571. The molecule has 0 aliphatic rings. The number of aromatic carboxylic acids is 1. The molecule has 1 heterocycles. The van der Waals surface area contributed by atoms with Gasteiger partial charge in [0.05, 0.1) is 18.0 Å². The van der Waals surface area contributed by atoms with Gasteiger partial charge in [-0.05, 0) is 12.1 Å². The second-order valence-corrected chi connectivity index (χ2v) is 3.02. The van der Waals surface area contributed by atoms with Crippen molar-refractivity contribution in [3.8, 4) is 5.88 Å². The Kier molecular flexibility index (Phi) is 2.40. The van der Waals surface area contributed by atoms with Crippen LogP contribution in [0.4, 0.5) is 4.39 Å². The first-order valence-electron chi connectivity index (χ1n) is 4.36. The van der Waals surface area contributed by atoms with Gasteiger partial charge in [-0.2, -0.15) is 4.98 Å². The molecule has 2 aromatic rings. The molecule has 82 valence electrons. The van der Waals surface area contributed by atoms with E-state index in [2.05, 4.69) is 9.97 Å². The third-order valence-corrected chi connectivity index (χ3v) is 2.01. The van der Waals surface area contributed by atoms with E-state index < -0.39 is 17.6 Å². The van der Waals surface area contributed by atoms with Crippen molar-refractivity contribution in [2.24, 2.45) is 0 Å². The Morgan fingerprint density at radius 2 is 2.19 bits per heavy atom. The normalized spacial score (nSPS) is 10.4. The molecule has 0 bridgehead atoms. The van der Waals surface area contributed by atoms with Crippen molar-refractivity contribution >= 4 is 16.9 Å². The average molecular weight is 222 g/mol. The monoisotopic (exact) mass is 222 g/mol. The highest BCUT2D eigenvalue weighted by atomic mass is 19.1. The van der Waals surface area contributed by atoms with Gasteiger partial charge in [0.2, 0.25) is 11.7 Å². The lowest BCUT2D eigenvalue weighted by molar-refractivity contribution is 0.0683. The highest BCUT2D eigenvalue weighted by Gasteiger charge is 2.13. The van der Waals surface area contributed by atoms with E-state index in [0.717, 1.165) is 6.07 Å². The van der Waals surface area contributed by atoms with Gasteiger partial charge in [0, 0.05) is 6.07 Å². The third kappa shape index (κ3) is 1.65. The molecule has 1 aromatic carbocycles. The molecule has 0 spiro atoms. The van der Waals surface area contributed by atoms with Crippen molar-refractivity contribution in [1.82, 2.24) is 9.97 Å². The topological polar surface area (TPSA) is 72.3 Å². The van der Waals surface area contributed by atoms with Crippen LogP contribution in [0.15, 0.2) is 18.2 Å². The van der Waals surface area contributed by atoms with Gasteiger partial charge in [-0.1, -0.05) is 0 Å². The van der Waals surface area contributed by atoms with Crippen LogP contribution >= 0.6 is 0 Å². The smallest absolute Gasteiger partial charge is 0.374 e. The number of carbonyl (C=O) groups is 1. The highest BCUT2D eigenvalue weighted by Crippen LogP contribution is 2.22. The Balaban J connectivity index is 2.78. The lowest BCUT2D eigenvalue weighted by Crippen LogP contribution is -2.06. The number of ether oxygens (including phenoxy) is 1. The van der Waals surface area contributed by atoms with Crippen LogP contribution in [-0.2, 0) is 0 Å². The van der Waals surface area contributed by atoms with Crippen LogP contribution in [0.1, 0.15) is 10.6 Å². The van der Waals surface area contributed by atoms with Gasteiger partial charge < -0.3 is 9.84 Å². The van der Waals surface area contributed by atoms with Crippen molar-refractivity contribution in [2.45, 2.75) is 0 Å². The molecule has 0 fully saturated rings. The number of hydrogen-bond donors (Lipinski definition) is 1. The number of carboxylic acids is 1. The second kappa shape index (κ2) is 3.73. The van der Waals surface area contributed by atoms with Crippen LogP contribution in [0.25, 0.3) is 10.9 Å². The number of fused-ring (bicyclic) bond motifs is 1. The summed E-state index contributed by atoms with van der Waals surface area (Å²) < 4.78 is 17.9. The highest BCUT2D eigenvalue weighted by molar-refractivity contribution is 5.89. The number of benzene rings is 1. The quantitative estimate of drug-likeness (QED) is 0.833. The van der Waals surface area contributed by atoms with Gasteiger partial charge in [-0.3, -0.25) is 0 Å². The fraction of sp³-hybridized carbons (Fsp3) is 0.100. The lowest BCUT2D eigenvalue weighted by Gasteiger charge is -2.04. The molecule has 0 saturated carbocycles. The van der Waals surface area contributed by atoms with Gasteiger partial charge >= 0.3 is 5.97 Å². The minimum atomic E-state index is -1.29. The summed E-state index contributed by atoms with van der Waals surface area (Å²) in [7, 11) is 1.36. The Morgan fingerprint density at radius 3 is 2.81 bits per heavy atom. The first-order valence-corrected chi connectivity index (χ1v) is 4.36. The van der Waals surface area contributed by atoms with Crippen LogP contribution in [-0.4, -0.2) is 28.2 Å². The number of methoxy groups -OCH3 is 1. The van der Waals surface area contributed by atoms with Crippen molar-refractivity contribution in [3.63, 3.8) is 0 Å². The lowest BCUT2D eigenvalue weighted by atomic mass is 10.2. The first kappa shape index (κ1) is 10.3. The zero-order valence-electron chi connectivity index (χ0n) is 8.27. The van der Waals surface area contributed by atoms with Gasteiger partial charge in [0.1, 0.15) is 5.82 Å². The van der Waals surface area contributed by atoms with E-state index in [0.29, 0.717) is 5.39 Å². The van der Waals surface area contributed by atoms with Gasteiger partial charge in [-0.15, -0.1) is 0 Å². The maximum Gasteiger partial charge on any atom is 0.374 e. The van der Waals surface area contributed by atoms with Crippen molar-refractivity contribution < 1.29 is 19.0 Å². The zero-order valence-corrected chi connectivity index (χ0v) is 8.27. The van der Waals surface area contributed by atoms with Crippen molar-refractivity contribution in [3.05, 3.63) is 29.8 Å². The first-order chi connectivity index (χ1) is 7.61. The molecule has 0 radical (unpaired) electrons. The molecule has 5 nitrogen and oxygen atoms in total. The molecular formula is C10H7FN2O3. The van der Waals surface area contributed by atoms with Crippen LogP contribution in [0, 0.1) is 5.82 Å². The summed E-state index contributed by atoms with van der Waals surface area (Å²) in [5, 5.41) is 9.23. The number of aromatic nitrogens is 2. The van der Waals surface area contributed by atoms with Gasteiger partial charge in [0.15, 0.2) is 0 Å². The molecule has 0 atom stereocenters. The molecule has 1 aromatic heterocycles. The van der Waals surface area contributed by atoms with E-state index >= 15 is 0 Å². The molecule has 0 aliphatic heterocycles. The number of halogens is 1. The summed E-state index contributed by atoms with van der Waals surface area (Å²) in [6.07, 6.45) is 0. The summed E-state index contributed by atoms with van der Waals surface area (Å²) in [4.78, 5) is 18.1. The maximum atomic E-state index is 13.0. The van der Waals surface area contributed by atoms with Crippen LogP contribution in [0.5, 0.6) is 5.88 Å². The molecule has 0 unspecified atom stereocenters. The van der Waals surface area contributed by atoms with Crippen LogP contribution < -0.4 is 4.74 Å². The maximum absolute atomic E-state index is 13.0. The molecule has 1 N–H and O–H groups in total. The van der Waals surface area contributed by atoms with E-state index in [9.17, 15) is 9.18 Å². The number of hydrogen-bond acceptors (Lipinski definition) is 4. The summed E-state index contributed by atoms with van der Waals surface area (Å²) in [5.74, 6) is -2.09. The Labute approximate surface area is 89.5 Å². The fourth-order valence-electron chi connectivity index (χ4n) is 1.32. The molecule has 16 heavy (non-hydrogen) atoms. The molecule has 0 aliphatic carbocycles. The van der Waals surface area contributed by atoms with Gasteiger partial charge in [0.25, 0.3) is 0 Å².